The standard InChI is InChI=1S/C16H23NO5/c1-11(2)22-16(19)9-14(17-15(18)10-20-3)12-5-7-13(21-4)8-6-12/h5-8,11,14H,9-10H2,1-4H3,(H,17,18). The van der Waals surface area contributed by atoms with E-state index >= 15 is 0 Å². The second-order valence-electron chi connectivity index (χ2n) is 5.07. The van der Waals surface area contributed by atoms with Gasteiger partial charge in [0.2, 0.25) is 5.91 Å². The van der Waals surface area contributed by atoms with Crippen molar-refractivity contribution in [3.63, 3.8) is 0 Å². The average molecular weight is 309 g/mol. The molecule has 0 bridgehead atoms. The molecule has 0 heterocycles. The van der Waals surface area contributed by atoms with Crippen molar-refractivity contribution in [1.82, 2.24) is 5.32 Å². The van der Waals surface area contributed by atoms with Crippen LogP contribution in [-0.2, 0) is 19.1 Å². The van der Waals surface area contributed by atoms with Crippen LogP contribution in [0, 0.1) is 0 Å². The van der Waals surface area contributed by atoms with Gasteiger partial charge in [-0.2, -0.15) is 0 Å². The van der Waals surface area contributed by atoms with Crippen LogP contribution in [0.25, 0.3) is 0 Å². The molecule has 6 nitrogen and oxygen atoms in total. The highest BCUT2D eigenvalue weighted by molar-refractivity contribution is 5.79. The van der Waals surface area contributed by atoms with Crippen LogP contribution in [0.5, 0.6) is 5.75 Å². The molecule has 0 aliphatic rings. The number of hydrogen-bond donors (Lipinski definition) is 1. The summed E-state index contributed by atoms with van der Waals surface area (Å²) >= 11 is 0. The minimum atomic E-state index is -0.472. The molecule has 0 saturated carbocycles. The number of ether oxygens (including phenoxy) is 3. The summed E-state index contributed by atoms with van der Waals surface area (Å²) in [7, 11) is 3.02. The van der Waals surface area contributed by atoms with E-state index in [1.165, 1.54) is 7.11 Å². The molecule has 22 heavy (non-hydrogen) atoms. The van der Waals surface area contributed by atoms with Crippen LogP contribution in [0.3, 0.4) is 0 Å². The molecule has 0 saturated heterocycles. The highest BCUT2D eigenvalue weighted by Crippen LogP contribution is 2.21. The molecule has 1 N–H and O–H groups in total. The lowest BCUT2D eigenvalue weighted by molar-refractivity contribution is -0.148. The fourth-order valence-electron chi connectivity index (χ4n) is 1.93. The summed E-state index contributed by atoms with van der Waals surface area (Å²) < 4.78 is 15.0. The second-order valence-corrected chi connectivity index (χ2v) is 5.07. The molecule has 1 amide bonds. The van der Waals surface area contributed by atoms with E-state index in [0.29, 0.717) is 5.75 Å². The minimum absolute atomic E-state index is 0.0555. The normalized spacial score (nSPS) is 11.9. The number of carbonyl (C=O) groups excluding carboxylic acids is 2. The van der Waals surface area contributed by atoms with E-state index in [1.54, 1.807) is 45.2 Å². The van der Waals surface area contributed by atoms with Gasteiger partial charge in [0.05, 0.1) is 25.7 Å². The maximum atomic E-state index is 11.9. The Bertz CT molecular complexity index is 484. The first kappa shape index (κ1) is 18.0. The average Bonchev–Trinajstić information content (AvgIpc) is 2.46. The van der Waals surface area contributed by atoms with Gasteiger partial charge in [0.1, 0.15) is 12.4 Å². The lowest BCUT2D eigenvalue weighted by Crippen LogP contribution is -2.33. The number of esters is 1. The number of methoxy groups -OCH3 is 2. The third-order valence-electron chi connectivity index (χ3n) is 2.87. The Kier molecular flexibility index (Phi) is 7.39. The molecule has 0 aliphatic heterocycles. The van der Waals surface area contributed by atoms with Gasteiger partial charge in [0.25, 0.3) is 0 Å². The van der Waals surface area contributed by atoms with Crippen molar-refractivity contribution in [3.8, 4) is 5.75 Å². The van der Waals surface area contributed by atoms with E-state index in [-0.39, 0.29) is 31.0 Å². The SMILES string of the molecule is COCC(=O)NC(CC(=O)OC(C)C)c1ccc(OC)cc1. The lowest BCUT2D eigenvalue weighted by Gasteiger charge is -2.19. The topological polar surface area (TPSA) is 73.9 Å². The zero-order chi connectivity index (χ0) is 16.5. The van der Waals surface area contributed by atoms with Gasteiger partial charge in [0, 0.05) is 7.11 Å². The molecule has 1 atom stereocenters. The maximum Gasteiger partial charge on any atom is 0.308 e. The van der Waals surface area contributed by atoms with Crippen LogP contribution < -0.4 is 10.1 Å². The van der Waals surface area contributed by atoms with Crippen molar-refractivity contribution in [2.75, 3.05) is 20.8 Å². The zero-order valence-electron chi connectivity index (χ0n) is 13.4. The van der Waals surface area contributed by atoms with Gasteiger partial charge in [-0.05, 0) is 31.5 Å². The molecular weight excluding hydrogens is 286 g/mol. The Morgan fingerprint density at radius 3 is 2.27 bits per heavy atom. The van der Waals surface area contributed by atoms with Gasteiger partial charge in [-0.1, -0.05) is 12.1 Å². The quantitative estimate of drug-likeness (QED) is 0.742. The van der Waals surface area contributed by atoms with Crippen LogP contribution in [0.1, 0.15) is 31.9 Å². The van der Waals surface area contributed by atoms with Crippen molar-refractivity contribution in [2.24, 2.45) is 0 Å². The molecule has 0 aromatic heterocycles. The van der Waals surface area contributed by atoms with Gasteiger partial charge < -0.3 is 19.5 Å². The van der Waals surface area contributed by atoms with Crippen molar-refractivity contribution in [1.29, 1.82) is 0 Å². The Balaban J connectivity index is 2.84. The number of carbonyl (C=O) groups is 2. The van der Waals surface area contributed by atoms with Crippen molar-refractivity contribution >= 4 is 11.9 Å². The van der Waals surface area contributed by atoms with Crippen LogP contribution in [-0.4, -0.2) is 38.8 Å². The molecule has 122 valence electrons. The molecule has 0 aliphatic carbocycles. The van der Waals surface area contributed by atoms with Crippen LogP contribution in [0.2, 0.25) is 0 Å². The van der Waals surface area contributed by atoms with E-state index in [9.17, 15) is 9.59 Å². The molecule has 0 radical (unpaired) electrons. The molecule has 1 aromatic rings. The molecule has 6 heteroatoms. The number of nitrogens with one attached hydrogen (secondary N) is 1. The summed E-state index contributed by atoms with van der Waals surface area (Å²) in [5.41, 5.74) is 0.797. The van der Waals surface area contributed by atoms with Gasteiger partial charge in [0.15, 0.2) is 0 Å². The Morgan fingerprint density at radius 2 is 1.77 bits per heavy atom. The monoisotopic (exact) mass is 309 g/mol. The lowest BCUT2D eigenvalue weighted by atomic mass is 10.0. The number of benzene rings is 1. The molecular formula is C16H23NO5. The van der Waals surface area contributed by atoms with E-state index in [2.05, 4.69) is 5.32 Å². The van der Waals surface area contributed by atoms with Gasteiger partial charge >= 0.3 is 5.97 Å². The summed E-state index contributed by atoms with van der Waals surface area (Å²) in [5.74, 6) is 0.0460. The summed E-state index contributed by atoms with van der Waals surface area (Å²) in [6.07, 6.45) is -0.140. The summed E-state index contributed by atoms with van der Waals surface area (Å²) in [5, 5.41) is 2.77. The minimum Gasteiger partial charge on any atom is -0.497 e. The fraction of sp³-hybridized carbons (Fsp3) is 0.500. The van der Waals surface area contributed by atoms with Crippen molar-refractivity contribution in [2.45, 2.75) is 32.4 Å². The third-order valence-corrected chi connectivity index (χ3v) is 2.87. The summed E-state index contributed by atoms with van der Waals surface area (Å²) in [6, 6.07) is 6.69. The number of hydrogen-bond acceptors (Lipinski definition) is 5. The molecule has 0 fully saturated rings. The van der Waals surface area contributed by atoms with E-state index in [0.717, 1.165) is 5.56 Å². The zero-order valence-corrected chi connectivity index (χ0v) is 13.4. The highest BCUT2D eigenvalue weighted by atomic mass is 16.5. The van der Waals surface area contributed by atoms with Crippen molar-refractivity contribution < 1.29 is 23.8 Å². The van der Waals surface area contributed by atoms with Gasteiger partial charge in [-0.25, -0.2) is 0 Å². The van der Waals surface area contributed by atoms with Gasteiger partial charge in [-0.15, -0.1) is 0 Å². The van der Waals surface area contributed by atoms with E-state index in [1.807, 2.05) is 0 Å². The molecule has 1 aromatic carbocycles. The summed E-state index contributed by atoms with van der Waals surface area (Å²) in [4.78, 5) is 23.6. The second kappa shape index (κ2) is 9.04. The van der Waals surface area contributed by atoms with Crippen molar-refractivity contribution in [3.05, 3.63) is 29.8 Å². The first-order valence-electron chi connectivity index (χ1n) is 7.08. The Hall–Kier alpha value is -2.08. The first-order chi connectivity index (χ1) is 10.5. The van der Waals surface area contributed by atoms with Gasteiger partial charge in [-0.3, -0.25) is 9.59 Å². The Labute approximate surface area is 130 Å². The first-order valence-corrected chi connectivity index (χ1v) is 7.08. The molecule has 1 rings (SSSR count). The smallest absolute Gasteiger partial charge is 0.308 e. The Morgan fingerprint density at radius 1 is 1.14 bits per heavy atom. The van der Waals surface area contributed by atoms with Crippen LogP contribution in [0.4, 0.5) is 0 Å². The largest absolute Gasteiger partial charge is 0.497 e. The number of amides is 1. The maximum absolute atomic E-state index is 11.9. The molecule has 1 unspecified atom stereocenters. The van der Waals surface area contributed by atoms with E-state index < -0.39 is 6.04 Å². The van der Waals surface area contributed by atoms with Crippen LogP contribution >= 0.6 is 0 Å². The predicted octanol–water partition coefficient (Wildman–Crippen LogP) is 1.84. The highest BCUT2D eigenvalue weighted by Gasteiger charge is 2.20. The predicted molar refractivity (Wildman–Crippen MR) is 81.6 cm³/mol. The summed E-state index contributed by atoms with van der Waals surface area (Å²) in [6.45, 7) is 3.50. The number of rotatable bonds is 8. The molecule has 0 spiro atoms. The van der Waals surface area contributed by atoms with Crippen LogP contribution in [0.15, 0.2) is 24.3 Å². The van der Waals surface area contributed by atoms with E-state index in [4.69, 9.17) is 14.2 Å². The third kappa shape index (κ3) is 6.13. The fourth-order valence-corrected chi connectivity index (χ4v) is 1.93.